The van der Waals surface area contributed by atoms with Crippen molar-refractivity contribution in [1.29, 1.82) is 0 Å². The molecule has 0 aliphatic rings. The smallest absolute Gasteiger partial charge is 0.404 e. The van der Waals surface area contributed by atoms with Gasteiger partial charge in [-0.15, -0.1) is 0 Å². The molecule has 126 valence electrons. The molecule has 0 radical (unpaired) electrons. The highest BCUT2D eigenvalue weighted by molar-refractivity contribution is 6.06. The molecule has 0 saturated heterocycles. The molecule has 0 saturated carbocycles. The first-order valence-corrected chi connectivity index (χ1v) is 7.61. The monoisotopic (exact) mass is 329 g/mol. The van der Waals surface area contributed by atoms with Gasteiger partial charge >= 0.3 is 6.09 Å². The van der Waals surface area contributed by atoms with E-state index in [1.807, 2.05) is 28.8 Å². The van der Waals surface area contributed by atoms with Crippen molar-refractivity contribution in [2.45, 2.75) is 13.0 Å². The molecule has 4 N–H and O–H groups in total. The van der Waals surface area contributed by atoms with Gasteiger partial charge in [0.1, 0.15) is 11.3 Å². The Morgan fingerprint density at radius 1 is 1.38 bits per heavy atom. The van der Waals surface area contributed by atoms with Crippen LogP contribution in [0.2, 0.25) is 0 Å². The molecule has 24 heavy (non-hydrogen) atoms. The van der Waals surface area contributed by atoms with Crippen molar-refractivity contribution in [1.82, 2.24) is 19.9 Å². The second kappa shape index (κ2) is 6.71. The standard InChI is InChI=1S/C16H19N5O3/c1-24-9-6-12-20-13-14(21(12)8-7-18-16(22)23)10-4-2-3-5-11(10)19-15(13)17/h2-5,18H,6-9H2,1H3,(H2,17,19)(H,22,23). The van der Waals surface area contributed by atoms with Crippen LogP contribution in [-0.4, -0.2) is 46.0 Å². The number of pyridine rings is 1. The van der Waals surface area contributed by atoms with Gasteiger partial charge in [0.2, 0.25) is 0 Å². The van der Waals surface area contributed by atoms with Gasteiger partial charge in [0.15, 0.2) is 5.82 Å². The first-order chi connectivity index (χ1) is 11.6. The number of amides is 1. The highest BCUT2D eigenvalue weighted by Gasteiger charge is 2.17. The molecule has 0 aliphatic heterocycles. The fraction of sp³-hybridized carbons (Fsp3) is 0.312. The van der Waals surface area contributed by atoms with E-state index in [0.29, 0.717) is 30.9 Å². The molecule has 3 aromatic rings. The second-order valence-electron chi connectivity index (χ2n) is 5.37. The number of imidazole rings is 1. The molecule has 0 unspecified atom stereocenters. The SMILES string of the molecule is COCCc1nc2c(N)nc3ccccc3c2n1CCNC(=O)O. The number of carbonyl (C=O) groups is 1. The summed E-state index contributed by atoms with van der Waals surface area (Å²) in [7, 11) is 1.63. The molecule has 8 heteroatoms. The number of nitrogen functional groups attached to an aromatic ring is 1. The third-order valence-electron chi connectivity index (χ3n) is 3.83. The summed E-state index contributed by atoms with van der Waals surface area (Å²) in [6.45, 7) is 1.24. The van der Waals surface area contributed by atoms with Gasteiger partial charge in [0, 0.05) is 32.0 Å². The lowest BCUT2D eigenvalue weighted by Crippen LogP contribution is -2.26. The summed E-state index contributed by atoms with van der Waals surface area (Å²) in [5.74, 6) is 1.16. The van der Waals surface area contributed by atoms with Gasteiger partial charge in [-0.05, 0) is 6.07 Å². The molecule has 0 bridgehead atoms. The maximum Gasteiger partial charge on any atom is 0.404 e. The number of ether oxygens (including phenoxy) is 1. The molecule has 0 atom stereocenters. The zero-order chi connectivity index (χ0) is 17.1. The number of para-hydroxylation sites is 1. The molecule has 0 spiro atoms. The fourth-order valence-corrected chi connectivity index (χ4v) is 2.80. The molecule has 1 aromatic carbocycles. The van der Waals surface area contributed by atoms with E-state index in [2.05, 4.69) is 15.3 Å². The Morgan fingerprint density at radius 3 is 2.92 bits per heavy atom. The number of methoxy groups -OCH3 is 1. The molecule has 1 amide bonds. The van der Waals surface area contributed by atoms with Crippen LogP contribution in [0.3, 0.4) is 0 Å². The van der Waals surface area contributed by atoms with Crippen LogP contribution in [0.25, 0.3) is 21.9 Å². The number of fused-ring (bicyclic) bond motifs is 3. The van der Waals surface area contributed by atoms with Crippen molar-refractivity contribution in [3.8, 4) is 0 Å². The van der Waals surface area contributed by atoms with Gasteiger partial charge in [-0.3, -0.25) is 0 Å². The first-order valence-electron chi connectivity index (χ1n) is 7.61. The van der Waals surface area contributed by atoms with Gasteiger partial charge in [0.05, 0.1) is 17.6 Å². The van der Waals surface area contributed by atoms with Gasteiger partial charge in [0.25, 0.3) is 0 Å². The first kappa shape index (κ1) is 16.0. The highest BCUT2D eigenvalue weighted by Crippen LogP contribution is 2.28. The highest BCUT2D eigenvalue weighted by atomic mass is 16.5. The third-order valence-corrected chi connectivity index (χ3v) is 3.83. The quantitative estimate of drug-likeness (QED) is 0.633. The molecule has 8 nitrogen and oxygen atoms in total. The van der Waals surface area contributed by atoms with E-state index in [4.69, 9.17) is 15.6 Å². The summed E-state index contributed by atoms with van der Waals surface area (Å²) < 4.78 is 7.14. The fourth-order valence-electron chi connectivity index (χ4n) is 2.80. The number of rotatable bonds is 6. The summed E-state index contributed by atoms with van der Waals surface area (Å²) >= 11 is 0. The Labute approximate surface area is 138 Å². The Kier molecular flexibility index (Phi) is 4.48. The molecule has 0 fully saturated rings. The van der Waals surface area contributed by atoms with E-state index in [-0.39, 0.29) is 6.54 Å². The molecule has 3 rings (SSSR count). The van der Waals surface area contributed by atoms with Crippen molar-refractivity contribution < 1.29 is 14.6 Å². The average Bonchev–Trinajstić information content (AvgIpc) is 2.92. The van der Waals surface area contributed by atoms with Gasteiger partial charge < -0.3 is 25.5 Å². The lowest BCUT2D eigenvalue weighted by Gasteiger charge is -2.10. The van der Waals surface area contributed by atoms with E-state index in [0.717, 1.165) is 22.2 Å². The predicted molar refractivity (Wildman–Crippen MR) is 91.1 cm³/mol. The molecule has 0 aliphatic carbocycles. The number of nitrogens with one attached hydrogen (secondary N) is 1. The molecular formula is C16H19N5O3. The lowest BCUT2D eigenvalue weighted by molar-refractivity contribution is 0.193. The van der Waals surface area contributed by atoms with Crippen LogP contribution in [0, 0.1) is 0 Å². The minimum atomic E-state index is -1.05. The van der Waals surface area contributed by atoms with E-state index < -0.39 is 6.09 Å². The number of anilines is 1. The van der Waals surface area contributed by atoms with Crippen LogP contribution < -0.4 is 11.1 Å². The molecular weight excluding hydrogens is 310 g/mol. The van der Waals surface area contributed by atoms with Crippen molar-refractivity contribution in [2.24, 2.45) is 0 Å². The van der Waals surface area contributed by atoms with Crippen molar-refractivity contribution in [3.63, 3.8) is 0 Å². The van der Waals surface area contributed by atoms with Crippen LogP contribution >= 0.6 is 0 Å². The van der Waals surface area contributed by atoms with Gasteiger partial charge in [-0.1, -0.05) is 18.2 Å². The third kappa shape index (κ3) is 2.95. The summed E-state index contributed by atoms with van der Waals surface area (Å²) in [5.41, 5.74) is 8.37. The maximum atomic E-state index is 10.7. The summed E-state index contributed by atoms with van der Waals surface area (Å²) in [6, 6.07) is 7.69. The van der Waals surface area contributed by atoms with Gasteiger partial charge in [-0.25, -0.2) is 14.8 Å². The Hall–Kier alpha value is -2.87. The van der Waals surface area contributed by atoms with E-state index in [9.17, 15) is 4.79 Å². The Balaban J connectivity index is 2.16. The number of nitrogens with two attached hydrogens (primary N) is 1. The summed E-state index contributed by atoms with van der Waals surface area (Å²) in [5, 5.41) is 12.1. The number of benzene rings is 1. The van der Waals surface area contributed by atoms with Crippen LogP contribution in [-0.2, 0) is 17.7 Å². The zero-order valence-corrected chi connectivity index (χ0v) is 13.3. The normalized spacial score (nSPS) is 11.2. The summed E-state index contributed by atoms with van der Waals surface area (Å²) in [4.78, 5) is 19.8. The van der Waals surface area contributed by atoms with Crippen LogP contribution in [0.5, 0.6) is 0 Å². The minimum absolute atomic E-state index is 0.275. The minimum Gasteiger partial charge on any atom is -0.465 e. The number of hydrogen-bond donors (Lipinski definition) is 3. The lowest BCUT2D eigenvalue weighted by atomic mass is 10.2. The molecule has 2 heterocycles. The Morgan fingerprint density at radius 2 is 2.17 bits per heavy atom. The zero-order valence-electron chi connectivity index (χ0n) is 13.3. The van der Waals surface area contributed by atoms with E-state index in [1.54, 1.807) is 7.11 Å². The van der Waals surface area contributed by atoms with Crippen molar-refractivity contribution >= 4 is 33.8 Å². The van der Waals surface area contributed by atoms with E-state index in [1.165, 1.54) is 0 Å². The maximum absolute atomic E-state index is 10.7. The second-order valence-corrected chi connectivity index (χ2v) is 5.37. The number of hydrogen-bond acceptors (Lipinski definition) is 5. The predicted octanol–water partition coefficient (Wildman–Crippen LogP) is 1.62. The average molecular weight is 329 g/mol. The topological polar surface area (TPSA) is 115 Å². The number of carboxylic acid groups (broad SMARTS) is 1. The number of aromatic nitrogens is 3. The largest absolute Gasteiger partial charge is 0.465 e. The molecule has 2 aromatic heterocycles. The van der Waals surface area contributed by atoms with Crippen LogP contribution in [0.1, 0.15) is 5.82 Å². The van der Waals surface area contributed by atoms with Crippen molar-refractivity contribution in [2.75, 3.05) is 26.0 Å². The van der Waals surface area contributed by atoms with E-state index >= 15 is 0 Å². The summed E-state index contributed by atoms with van der Waals surface area (Å²) in [6.07, 6.45) is -0.449. The van der Waals surface area contributed by atoms with Crippen LogP contribution in [0.4, 0.5) is 10.6 Å². The van der Waals surface area contributed by atoms with Gasteiger partial charge in [-0.2, -0.15) is 0 Å². The van der Waals surface area contributed by atoms with Crippen molar-refractivity contribution in [3.05, 3.63) is 30.1 Å². The van der Waals surface area contributed by atoms with Crippen LogP contribution in [0.15, 0.2) is 24.3 Å². The Bertz CT molecular complexity index is 890. The number of nitrogens with zero attached hydrogens (tertiary/aromatic N) is 3.